The molecule has 1 aromatic rings. The summed E-state index contributed by atoms with van der Waals surface area (Å²) in [6, 6.07) is 11.3. The SMILES string of the molecule is O=C(COCCc1ccccc1)N1CCC2CCC(C1)N2. The lowest BCUT2D eigenvalue weighted by Crippen LogP contribution is -2.40. The van der Waals surface area contributed by atoms with Gasteiger partial charge in [-0.1, -0.05) is 30.3 Å². The Morgan fingerprint density at radius 1 is 1.19 bits per heavy atom. The van der Waals surface area contributed by atoms with Gasteiger partial charge in [0.05, 0.1) is 6.61 Å². The zero-order valence-corrected chi connectivity index (χ0v) is 12.5. The summed E-state index contributed by atoms with van der Waals surface area (Å²) in [6.07, 6.45) is 4.40. The maximum Gasteiger partial charge on any atom is 0.248 e. The predicted molar refractivity (Wildman–Crippen MR) is 82.1 cm³/mol. The van der Waals surface area contributed by atoms with Gasteiger partial charge in [0.25, 0.3) is 0 Å². The van der Waals surface area contributed by atoms with Crippen molar-refractivity contribution in [2.24, 2.45) is 0 Å². The van der Waals surface area contributed by atoms with Crippen LogP contribution in [0.2, 0.25) is 0 Å². The minimum atomic E-state index is 0.136. The minimum absolute atomic E-state index is 0.136. The highest BCUT2D eigenvalue weighted by Crippen LogP contribution is 2.20. The molecular weight excluding hydrogens is 264 g/mol. The van der Waals surface area contributed by atoms with E-state index in [9.17, 15) is 4.79 Å². The van der Waals surface area contributed by atoms with Crippen molar-refractivity contribution < 1.29 is 9.53 Å². The van der Waals surface area contributed by atoms with E-state index >= 15 is 0 Å². The summed E-state index contributed by atoms with van der Waals surface area (Å²) in [5.41, 5.74) is 1.25. The fourth-order valence-electron chi connectivity index (χ4n) is 3.26. The van der Waals surface area contributed by atoms with Crippen molar-refractivity contribution >= 4 is 5.91 Å². The smallest absolute Gasteiger partial charge is 0.248 e. The summed E-state index contributed by atoms with van der Waals surface area (Å²) < 4.78 is 5.56. The van der Waals surface area contributed by atoms with Crippen molar-refractivity contribution in [2.75, 3.05) is 26.3 Å². The zero-order valence-electron chi connectivity index (χ0n) is 12.5. The quantitative estimate of drug-likeness (QED) is 0.837. The molecule has 2 unspecified atom stereocenters. The van der Waals surface area contributed by atoms with Crippen LogP contribution in [0.25, 0.3) is 0 Å². The van der Waals surface area contributed by atoms with E-state index in [4.69, 9.17) is 4.74 Å². The highest BCUT2D eigenvalue weighted by Gasteiger charge is 2.30. The summed E-state index contributed by atoms with van der Waals surface area (Å²) in [4.78, 5) is 14.2. The molecule has 3 rings (SSSR count). The summed E-state index contributed by atoms with van der Waals surface area (Å²) in [5, 5.41) is 3.59. The highest BCUT2D eigenvalue weighted by molar-refractivity contribution is 5.77. The molecule has 0 radical (unpaired) electrons. The van der Waals surface area contributed by atoms with Crippen LogP contribution in [-0.4, -0.2) is 49.2 Å². The molecule has 114 valence electrons. The van der Waals surface area contributed by atoms with Crippen LogP contribution in [0.5, 0.6) is 0 Å². The largest absolute Gasteiger partial charge is 0.371 e. The van der Waals surface area contributed by atoms with Crippen molar-refractivity contribution in [1.29, 1.82) is 0 Å². The van der Waals surface area contributed by atoms with Crippen molar-refractivity contribution in [3.8, 4) is 0 Å². The van der Waals surface area contributed by atoms with Gasteiger partial charge in [0.1, 0.15) is 6.61 Å². The average Bonchev–Trinajstić information content (AvgIpc) is 2.84. The van der Waals surface area contributed by atoms with Crippen LogP contribution in [0, 0.1) is 0 Å². The van der Waals surface area contributed by atoms with Crippen LogP contribution < -0.4 is 5.32 Å². The normalized spacial score (nSPS) is 24.9. The topological polar surface area (TPSA) is 41.6 Å². The van der Waals surface area contributed by atoms with Crippen LogP contribution in [0.1, 0.15) is 24.8 Å². The number of fused-ring (bicyclic) bond motifs is 2. The highest BCUT2D eigenvalue weighted by atomic mass is 16.5. The van der Waals surface area contributed by atoms with Gasteiger partial charge in [-0.05, 0) is 31.2 Å². The molecule has 0 spiro atoms. The lowest BCUT2D eigenvalue weighted by atomic mass is 10.1. The molecule has 0 saturated carbocycles. The number of nitrogens with one attached hydrogen (secondary N) is 1. The van der Waals surface area contributed by atoms with Crippen LogP contribution in [0.3, 0.4) is 0 Å². The Labute approximate surface area is 126 Å². The molecule has 21 heavy (non-hydrogen) atoms. The number of hydrogen-bond acceptors (Lipinski definition) is 3. The van der Waals surface area contributed by atoms with E-state index in [0.29, 0.717) is 18.7 Å². The fraction of sp³-hybridized carbons (Fsp3) is 0.588. The Morgan fingerprint density at radius 2 is 2.00 bits per heavy atom. The number of ether oxygens (including phenoxy) is 1. The number of rotatable bonds is 5. The Morgan fingerprint density at radius 3 is 2.86 bits per heavy atom. The van der Waals surface area contributed by atoms with Crippen molar-refractivity contribution in [1.82, 2.24) is 10.2 Å². The van der Waals surface area contributed by atoms with Gasteiger partial charge in [-0.3, -0.25) is 4.79 Å². The molecule has 2 aliphatic heterocycles. The average molecular weight is 288 g/mol. The van der Waals surface area contributed by atoms with Gasteiger partial charge in [0.2, 0.25) is 5.91 Å². The molecule has 4 nitrogen and oxygen atoms in total. The molecule has 1 amide bonds. The first-order chi connectivity index (χ1) is 10.3. The predicted octanol–water partition coefficient (Wildman–Crippen LogP) is 1.60. The van der Waals surface area contributed by atoms with E-state index in [1.54, 1.807) is 0 Å². The second-order valence-electron chi connectivity index (χ2n) is 6.05. The summed E-state index contributed by atoms with van der Waals surface area (Å²) in [6.45, 7) is 2.53. The molecular formula is C17H24N2O2. The maximum absolute atomic E-state index is 12.2. The second-order valence-corrected chi connectivity index (χ2v) is 6.05. The van der Waals surface area contributed by atoms with Gasteiger partial charge in [-0.25, -0.2) is 0 Å². The van der Waals surface area contributed by atoms with Crippen molar-refractivity contribution in [3.63, 3.8) is 0 Å². The van der Waals surface area contributed by atoms with Crippen molar-refractivity contribution in [2.45, 2.75) is 37.8 Å². The first-order valence-corrected chi connectivity index (χ1v) is 7.97. The monoisotopic (exact) mass is 288 g/mol. The van der Waals surface area contributed by atoms with Gasteiger partial charge in [-0.15, -0.1) is 0 Å². The third kappa shape index (κ3) is 4.05. The Bertz CT molecular complexity index is 463. The van der Waals surface area contributed by atoms with E-state index in [1.807, 2.05) is 23.1 Å². The molecule has 0 aliphatic carbocycles. The van der Waals surface area contributed by atoms with E-state index in [2.05, 4.69) is 17.4 Å². The molecule has 4 heteroatoms. The first kappa shape index (κ1) is 14.5. The second kappa shape index (κ2) is 7.05. The van der Waals surface area contributed by atoms with Gasteiger partial charge < -0.3 is 15.0 Å². The Kier molecular flexibility index (Phi) is 4.88. The first-order valence-electron chi connectivity index (χ1n) is 7.97. The van der Waals surface area contributed by atoms with Crippen molar-refractivity contribution in [3.05, 3.63) is 35.9 Å². The Balaban J connectivity index is 1.38. The third-order valence-electron chi connectivity index (χ3n) is 4.48. The molecule has 2 bridgehead atoms. The number of amides is 1. The summed E-state index contributed by atoms with van der Waals surface area (Å²) >= 11 is 0. The van der Waals surface area contributed by atoms with Crippen LogP contribution in [0.4, 0.5) is 0 Å². The molecule has 2 saturated heterocycles. The van der Waals surface area contributed by atoms with Crippen LogP contribution in [-0.2, 0) is 16.0 Å². The minimum Gasteiger partial charge on any atom is -0.371 e. The van der Waals surface area contributed by atoms with E-state index < -0.39 is 0 Å². The number of nitrogens with zero attached hydrogens (tertiary/aromatic N) is 1. The number of hydrogen-bond donors (Lipinski definition) is 1. The molecule has 2 fully saturated rings. The number of carbonyl (C=O) groups excluding carboxylic acids is 1. The number of carbonyl (C=O) groups is 1. The molecule has 2 heterocycles. The summed E-state index contributed by atoms with van der Waals surface area (Å²) in [5.74, 6) is 0.136. The molecule has 0 aromatic heterocycles. The third-order valence-corrected chi connectivity index (χ3v) is 4.48. The van der Waals surface area contributed by atoms with E-state index in [1.165, 1.54) is 18.4 Å². The molecule has 1 N–H and O–H groups in total. The van der Waals surface area contributed by atoms with E-state index in [-0.39, 0.29) is 12.5 Å². The standard InChI is InChI=1S/C17H24N2O2/c20-17(13-21-11-9-14-4-2-1-3-5-14)19-10-8-15-6-7-16(12-19)18-15/h1-5,15-16,18H,6-13H2. The fourth-order valence-corrected chi connectivity index (χ4v) is 3.26. The molecule has 2 aliphatic rings. The van der Waals surface area contributed by atoms with Gasteiger partial charge in [0, 0.05) is 25.2 Å². The summed E-state index contributed by atoms with van der Waals surface area (Å²) in [7, 11) is 0. The maximum atomic E-state index is 12.2. The molecule has 2 atom stereocenters. The number of likely N-dealkylation sites (tertiary alicyclic amines) is 1. The van der Waals surface area contributed by atoms with Gasteiger partial charge >= 0.3 is 0 Å². The zero-order chi connectivity index (χ0) is 14.5. The van der Waals surface area contributed by atoms with E-state index in [0.717, 1.165) is 25.9 Å². The lowest BCUT2D eigenvalue weighted by molar-refractivity contribution is -0.136. The van der Waals surface area contributed by atoms with Crippen LogP contribution >= 0.6 is 0 Å². The molecule has 1 aromatic carbocycles. The number of benzene rings is 1. The van der Waals surface area contributed by atoms with Gasteiger partial charge in [-0.2, -0.15) is 0 Å². The Hall–Kier alpha value is -1.39. The lowest BCUT2D eigenvalue weighted by Gasteiger charge is -2.24. The van der Waals surface area contributed by atoms with Crippen LogP contribution in [0.15, 0.2) is 30.3 Å². The van der Waals surface area contributed by atoms with Gasteiger partial charge in [0.15, 0.2) is 0 Å².